The fourth-order valence-corrected chi connectivity index (χ4v) is 3.79. The van der Waals surface area contributed by atoms with Crippen molar-refractivity contribution in [2.24, 2.45) is 5.92 Å². The number of hydrogen-bond acceptors (Lipinski definition) is 5. The number of carbonyl (C=O) groups excluding carboxylic acids is 1. The minimum atomic E-state index is -0.0965. The summed E-state index contributed by atoms with van der Waals surface area (Å²) in [4.78, 5) is 23.7. The van der Waals surface area contributed by atoms with E-state index in [-0.39, 0.29) is 11.8 Å². The number of ether oxygens (including phenoxy) is 1. The van der Waals surface area contributed by atoms with Crippen molar-refractivity contribution in [2.75, 3.05) is 18.0 Å². The molecule has 1 aliphatic rings. The van der Waals surface area contributed by atoms with Crippen LogP contribution in [0.25, 0.3) is 0 Å². The molecular weight excluding hydrogens is 444 g/mol. The molecule has 4 rings (SSSR count). The van der Waals surface area contributed by atoms with E-state index < -0.39 is 0 Å². The number of nitrogens with zero attached hydrogens (tertiary/aromatic N) is 3. The number of carbonyl (C=O) groups is 1. The van der Waals surface area contributed by atoms with Crippen LogP contribution in [0, 0.1) is 5.92 Å². The number of piperidine rings is 1. The molecule has 2 aromatic carbocycles. The van der Waals surface area contributed by atoms with Crippen molar-refractivity contribution in [2.45, 2.75) is 19.4 Å². The lowest BCUT2D eigenvalue weighted by molar-refractivity contribution is -0.125. The van der Waals surface area contributed by atoms with Crippen LogP contribution in [0.15, 0.2) is 71.5 Å². The summed E-state index contributed by atoms with van der Waals surface area (Å²) in [6.45, 7) is 1.94. The summed E-state index contributed by atoms with van der Waals surface area (Å²) in [6.07, 6.45) is 5.05. The van der Waals surface area contributed by atoms with E-state index in [0.717, 1.165) is 29.4 Å². The molecule has 0 saturated carbocycles. The van der Waals surface area contributed by atoms with Gasteiger partial charge in [0.1, 0.15) is 5.75 Å². The van der Waals surface area contributed by atoms with Gasteiger partial charge in [0.2, 0.25) is 5.91 Å². The second-order valence-electron chi connectivity index (χ2n) is 7.23. The van der Waals surface area contributed by atoms with E-state index in [1.54, 1.807) is 12.4 Å². The molecule has 30 heavy (non-hydrogen) atoms. The number of aromatic nitrogens is 2. The SMILES string of the molecule is O=C(NCc1ccc(Br)cc1)[C@@H]1CCCN(c2nccnc2Oc2ccccc2)C1. The molecular formula is C23H23BrN4O2. The Kier molecular flexibility index (Phi) is 6.59. The minimum Gasteiger partial charge on any atom is -0.436 e. The van der Waals surface area contributed by atoms with E-state index in [1.807, 2.05) is 54.6 Å². The zero-order valence-electron chi connectivity index (χ0n) is 16.5. The summed E-state index contributed by atoms with van der Waals surface area (Å²) in [7, 11) is 0. The van der Waals surface area contributed by atoms with Crippen LogP contribution in [0.4, 0.5) is 5.82 Å². The molecule has 0 unspecified atom stereocenters. The van der Waals surface area contributed by atoms with Crippen LogP contribution in [0.3, 0.4) is 0 Å². The van der Waals surface area contributed by atoms with Gasteiger partial charge in [-0.3, -0.25) is 4.79 Å². The van der Waals surface area contributed by atoms with Crippen LogP contribution in [0.5, 0.6) is 11.6 Å². The molecule has 0 spiro atoms. The Balaban J connectivity index is 1.41. The van der Waals surface area contributed by atoms with Gasteiger partial charge in [-0.25, -0.2) is 9.97 Å². The van der Waals surface area contributed by atoms with E-state index in [9.17, 15) is 4.79 Å². The highest BCUT2D eigenvalue weighted by atomic mass is 79.9. The van der Waals surface area contributed by atoms with E-state index in [0.29, 0.717) is 30.5 Å². The van der Waals surface area contributed by atoms with Crippen LogP contribution in [-0.4, -0.2) is 29.0 Å². The number of rotatable bonds is 6. The van der Waals surface area contributed by atoms with Gasteiger partial charge in [0.15, 0.2) is 5.82 Å². The Morgan fingerprint density at radius 1 is 1.10 bits per heavy atom. The Labute approximate surface area is 184 Å². The van der Waals surface area contributed by atoms with Gasteiger partial charge >= 0.3 is 0 Å². The van der Waals surface area contributed by atoms with Crippen molar-refractivity contribution in [1.82, 2.24) is 15.3 Å². The molecule has 3 aromatic rings. The first-order valence-electron chi connectivity index (χ1n) is 10.00. The Hall–Kier alpha value is -2.93. The molecule has 1 atom stereocenters. The number of nitrogens with one attached hydrogen (secondary N) is 1. The maximum Gasteiger partial charge on any atom is 0.263 e. The molecule has 7 heteroatoms. The Bertz CT molecular complexity index is 982. The predicted octanol–water partition coefficient (Wildman–Crippen LogP) is 4.56. The average Bonchev–Trinajstić information content (AvgIpc) is 2.80. The van der Waals surface area contributed by atoms with Gasteiger partial charge in [-0.2, -0.15) is 0 Å². The van der Waals surface area contributed by atoms with Crippen molar-refractivity contribution in [1.29, 1.82) is 0 Å². The standard InChI is InChI=1S/C23H23BrN4O2/c24-19-10-8-17(9-11-19)15-27-22(29)18-5-4-14-28(16-18)21-23(26-13-12-25-21)30-20-6-2-1-3-7-20/h1-3,6-13,18H,4-5,14-16H2,(H,27,29)/t18-/m1/s1. The highest BCUT2D eigenvalue weighted by molar-refractivity contribution is 9.10. The first-order valence-corrected chi connectivity index (χ1v) is 10.8. The molecule has 2 heterocycles. The van der Waals surface area contributed by atoms with Gasteiger partial charge in [-0.15, -0.1) is 0 Å². The monoisotopic (exact) mass is 466 g/mol. The topological polar surface area (TPSA) is 67.4 Å². The summed E-state index contributed by atoms with van der Waals surface area (Å²) < 4.78 is 6.98. The quantitative estimate of drug-likeness (QED) is 0.576. The summed E-state index contributed by atoms with van der Waals surface area (Å²) in [6, 6.07) is 17.5. The Morgan fingerprint density at radius 3 is 2.67 bits per heavy atom. The fourth-order valence-electron chi connectivity index (χ4n) is 3.53. The molecule has 1 fully saturated rings. The molecule has 1 N–H and O–H groups in total. The zero-order chi connectivity index (χ0) is 20.8. The second kappa shape index (κ2) is 9.71. The summed E-state index contributed by atoms with van der Waals surface area (Å²) >= 11 is 3.43. The van der Waals surface area contributed by atoms with E-state index >= 15 is 0 Å². The van der Waals surface area contributed by atoms with Crippen LogP contribution in [0.2, 0.25) is 0 Å². The minimum absolute atomic E-state index is 0.0667. The lowest BCUT2D eigenvalue weighted by atomic mass is 9.97. The first kappa shape index (κ1) is 20.3. The van der Waals surface area contributed by atoms with Gasteiger partial charge in [-0.05, 0) is 42.7 Å². The molecule has 1 amide bonds. The number of benzene rings is 2. The normalized spacial score (nSPS) is 16.2. The summed E-state index contributed by atoms with van der Waals surface area (Å²) in [5, 5.41) is 3.07. The largest absolute Gasteiger partial charge is 0.436 e. The van der Waals surface area contributed by atoms with Gasteiger partial charge in [0.25, 0.3) is 5.88 Å². The van der Waals surface area contributed by atoms with Gasteiger partial charge in [-0.1, -0.05) is 46.3 Å². The lowest BCUT2D eigenvalue weighted by Crippen LogP contribution is -2.43. The predicted molar refractivity (Wildman–Crippen MR) is 119 cm³/mol. The Morgan fingerprint density at radius 2 is 1.87 bits per heavy atom. The maximum atomic E-state index is 12.8. The van der Waals surface area contributed by atoms with Gasteiger partial charge in [0, 0.05) is 36.5 Å². The van der Waals surface area contributed by atoms with Crippen molar-refractivity contribution in [3.8, 4) is 11.6 Å². The molecule has 0 radical (unpaired) electrons. The van der Waals surface area contributed by atoms with E-state index in [1.165, 1.54) is 0 Å². The molecule has 1 saturated heterocycles. The number of anilines is 1. The molecule has 6 nitrogen and oxygen atoms in total. The zero-order valence-corrected chi connectivity index (χ0v) is 18.1. The van der Waals surface area contributed by atoms with Crippen LogP contribution >= 0.6 is 15.9 Å². The third-order valence-electron chi connectivity index (χ3n) is 5.08. The highest BCUT2D eigenvalue weighted by Crippen LogP contribution is 2.31. The second-order valence-corrected chi connectivity index (χ2v) is 8.15. The van der Waals surface area contributed by atoms with Gasteiger partial charge in [0.05, 0.1) is 5.92 Å². The number of hydrogen-bond donors (Lipinski definition) is 1. The van der Waals surface area contributed by atoms with Crippen LogP contribution < -0.4 is 15.0 Å². The summed E-state index contributed by atoms with van der Waals surface area (Å²) in [5.74, 6) is 1.81. The van der Waals surface area contributed by atoms with Crippen molar-refractivity contribution in [3.63, 3.8) is 0 Å². The highest BCUT2D eigenvalue weighted by Gasteiger charge is 2.28. The molecule has 0 aliphatic carbocycles. The maximum absolute atomic E-state index is 12.8. The van der Waals surface area contributed by atoms with Crippen molar-refractivity contribution < 1.29 is 9.53 Å². The third kappa shape index (κ3) is 5.16. The van der Waals surface area contributed by atoms with Gasteiger partial charge < -0.3 is 15.0 Å². The third-order valence-corrected chi connectivity index (χ3v) is 5.60. The van der Waals surface area contributed by atoms with Crippen LogP contribution in [0.1, 0.15) is 18.4 Å². The lowest BCUT2D eigenvalue weighted by Gasteiger charge is -2.33. The number of halogens is 1. The first-order chi connectivity index (χ1) is 14.7. The molecule has 0 bridgehead atoms. The summed E-state index contributed by atoms with van der Waals surface area (Å²) in [5.41, 5.74) is 1.08. The smallest absolute Gasteiger partial charge is 0.263 e. The molecule has 154 valence electrons. The van der Waals surface area contributed by atoms with Crippen LogP contribution in [-0.2, 0) is 11.3 Å². The number of para-hydroxylation sites is 1. The number of amides is 1. The van der Waals surface area contributed by atoms with Crippen molar-refractivity contribution in [3.05, 3.63) is 77.0 Å². The fraction of sp³-hybridized carbons (Fsp3) is 0.261. The molecule has 1 aliphatic heterocycles. The van der Waals surface area contributed by atoms with E-state index in [4.69, 9.17) is 4.74 Å². The van der Waals surface area contributed by atoms with Crippen molar-refractivity contribution >= 4 is 27.7 Å². The average molecular weight is 467 g/mol. The van der Waals surface area contributed by atoms with E-state index in [2.05, 4.69) is 36.1 Å². The molecule has 1 aromatic heterocycles.